The van der Waals surface area contributed by atoms with Gasteiger partial charge in [0.1, 0.15) is 5.82 Å². The van der Waals surface area contributed by atoms with Crippen molar-refractivity contribution in [2.45, 2.75) is 6.92 Å². The molecule has 0 aromatic carbocycles. The smallest absolute Gasteiger partial charge is 0.322 e. The van der Waals surface area contributed by atoms with Crippen LogP contribution in [0.4, 0.5) is 10.6 Å². The lowest BCUT2D eigenvalue weighted by Gasteiger charge is -2.19. The quantitative estimate of drug-likeness (QED) is 0.876. The molecule has 0 saturated carbocycles. The molecule has 2 amide bonds. The van der Waals surface area contributed by atoms with E-state index < -0.39 is 17.9 Å². The predicted octanol–water partition coefficient (Wildman–Crippen LogP) is 1.92. The Morgan fingerprint density at radius 1 is 1.61 bits per heavy atom. The number of aliphatic carboxylic acids is 1. The van der Waals surface area contributed by atoms with Crippen molar-refractivity contribution < 1.29 is 14.7 Å². The molecule has 0 aliphatic heterocycles. The number of pyridine rings is 1. The minimum Gasteiger partial charge on any atom is -0.481 e. The summed E-state index contributed by atoms with van der Waals surface area (Å²) in [5.74, 6) is -1.26. The first kappa shape index (κ1) is 14.2. The first-order chi connectivity index (χ1) is 8.40. The van der Waals surface area contributed by atoms with Crippen molar-refractivity contribution in [1.29, 1.82) is 0 Å². The third kappa shape index (κ3) is 4.21. The molecule has 0 spiro atoms. The lowest BCUT2D eigenvalue weighted by atomic mass is 10.2. The number of nitrogens with one attached hydrogen (secondary N) is 1. The Bertz CT molecular complexity index is 453. The Labute approximate surface area is 110 Å². The van der Waals surface area contributed by atoms with Gasteiger partial charge in [0.15, 0.2) is 0 Å². The summed E-state index contributed by atoms with van der Waals surface area (Å²) in [6.45, 7) is 1.64. The van der Waals surface area contributed by atoms with Gasteiger partial charge in [0.2, 0.25) is 0 Å². The topological polar surface area (TPSA) is 82.5 Å². The van der Waals surface area contributed by atoms with E-state index >= 15 is 0 Å². The van der Waals surface area contributed by atoms with Gasteiger partial charge >= 0.3 is 12.0 Å². The van der Waals surface area contributed by atoms with Crippen LogP contribution in [0.2, 0.25) is 5.02 Å². The standard InChI is InChI=1S/C11H14ClN3O3/c1-7(10(16)17)6-15(2)11(18)14-9-5-8(12)3-4-13-9/h3-5,7H,6H2,1-2H3,(H,16,17)(H,13,14,18). The van der Waals surface area contributed by atoms with Crippen molar-refractivity contribution in [3.05, 3.63) is 23.4 Å². The number of urea groups is 1. The maximum atomic E-state index is 11.7. The summed E-state index contributed by atoms with van der Waals surface area (Å²) in [7, 11) is 1.51. The molecule has 2 N–H and O–H groups in total. The van der Waals surface area contributed by atoms with E-state index in [1.165, 1.54) is 31.1 Å². The van der Waals surface area contributed by atoms with E-state index in [-0.39, 0.29) is 6.54 Å². The Morgan fingerprint density at radius 3 is 2.83 bits per heavy atom. The molecule has 1 rings (SSSR count). The number of halogens is 1. The molecule has 0 fully saturated rings. The lowest BCUT2D eigenvalue weighted by Crippen LogP contribution is -2.36. The van der Waals surface area contributed by atoms with Gasteiger partial charge in [-0.15, -0.1) is 0 Å². The fraction of sp³-hybridized carbons (Fsp3) is 0.364. The van der Waals surface area contributed by atoms with Crippen molar-refractivity contribution in [2.24, 2.45) is 5.92 Å². The van der Waals surface area contributed by atoms with Gasteiger partial charge in [0.05, 0.1) is 5.92 Å². The van der Waals surface area contributed by atoms with Crippen LogP contribution < -0.4 is 5.32 Å². The fourth-order valence-corrected chi connectivity index (χ4v) is 1.41. The zero-order valence-electron chi connectivity index (χ0n) is 10.1. The van der Waals surface area contributed by atoms with E-state index in [2.05, 4.69) is 10.3 Å². The zero-order chi connectivity index (χ0) is 13.7. The van der Waals surface area contributed by atoms with Crippen LogP contribution in [0.15, 0.2) is 18.3 Å². The summed E-state index contributed by atoms with van der Waals surface area (Å²) in [4.78, 5) is 27.6. The second-order valence-electron chi connectivity index (χ2n) is 3.91. The normalized spacial score (nSPS) is 11.7. The van der Waals surface area contributed by atoms with Crippen molar-refractivity contribution >= 4 is 29.4 Å². The number of carboxylic acids is 1. The molecule has 7 heteroatoms. The van der Waals surface area contributed by atoms with Gasteiger partial charge in [-0.3, -0.25) is 10.1 Å². The number of amides is 2. The van der Waals surface area contributed by atoms with Crippen LogP contribution in [0.3, 0.4) is 0 Å². The SMILES string of the molecule is CC(CN(C)C(=O)Nc1cc(Cl)ccn1)C(=O)O. The third-order valence-corrected chi connectivity index (χ3v) is 2.51. The number of carbonyl (C=O) groups is 2. The van der Waals surface area contributed by atoms with E-state index in [1.807, 2.05) is 0 Å². The van der Waals surface area contributed by atoms with Crippen LogP contribution in [-0.2, 0) is 4.79 Å². The minimum absolute atomic E-state index is 0.113. The van der Waals surface area contributed by atoms with Crippen molar-refractivity contribution in [2.75, 3.05) is 18.9 Å². The van der Waals surface area contributed by atoms with Crippen LogP contribution >= 0.6 is 11.6 Å². The molecule has 1 aromatic heterocycles. The van der Waals surface area contributed by atoms with Crippen LogP contribution in [0.1, 0.15) is 6.92 Å². The highest BCUT2D eigenvalue weighted by Crippen LogP contribution is 2.12. The van der Waals surface area contributed by atoms with Crippen LogP contribution in [0.25, 0.3) is 0 Å². The number of carbonyl (C=O) groups excluding carboxylic acids is 1. The monoisotopic (exact) mass is 271 g/mol. The van der Waals surface area contributed by atoms with E-state index in [9.17, 15) is 9.59 Å². The molecule has 98 valence electrons. The van der Waals surface area contributed by atoms with Crippen molar-refractivity contribution in [3.8, 4) is 0 Å². The number of hydrogen-bond donors (Lipinski definition) is 2. The molecular formula is C11H14ClN3O3. The number of anilines is 1. The number of aromatic nitrogens is 1. The average Bonchev–Trinajstić information content (AvgIpc) is 2.28. The van der Waals surface area contributed by atoms with Gasteiger partial charge in [0, 0.05) is 24.8 Å². The van der Waals surface area contributed by atoms with Crippen LogP contribution in [-0.4, -0.2) is 40.6 Å². The van der Waals surface area contributed by atoms with Gasteiger partial charge in [-0.25, -0.2) is 9.78 Å². The number of hydrogen-bond acceptors (Lipinski definition) is 3. The molecule has 0 aliphatic carbocycles. The average molecular weight is 272 g/mol. The maximum Gasteiger partial charge on any atom is 0.322 e. The minimum atomic E-state index is -0.949. The first-order valence-electron chi connectivity index (χ1n) is 5.26. The van der Waals surface area contributed by atoms with Gasteiger partial charge in [-0.05, 0) is 12.1 Å². The maximum absolute atomic E-state index is 11.7. The second kappa shape index (κ2) is 6.20. The number of carboxylic acid groups (broad SMARTS) is 1. The van der Waals surface area contributed by atoms with Gasteiger partial charge in [0.25, 0.3) is 0 Å². The molecule has 0 saturated heterocycles. The Hall–Kier alpha value is -1.82. The highest BCUT2D eigenvalue weighted by Gasteiger charge is 2.17. The molecule has 1 aromatic rings. The molecule has 0 aliphatic rings. The summed E-state index contributed by atoms with van der Waals surface area (Å²) in [5.41, 5.74) is 0. The lowest BCUT2D eigenvalue weighted by molar-refractivity contribution is -0.141. The highest BCUT2D eigenvalue weighted by atomic mass is 35.5. The van der Waals surface area contributed by atoms with E-state index in [4.69, 9.17) is 16.7 Å². The molecule has 1 atom stereocenters. The van der Waals surface area contributed by atoms with Gasteiger partial charge in [-0.1, -0.05) is 18.5 Å². The van der Waals surface area contributed by atoms with Crippen molar-refractivity contribution in [3.63, 3.8) is 0 Å². The summed E-state index contributed by atoms with van der Waals surface area (Å²) in [5, 5.41) is 11.7. The van der Waals surface area contributed by atoms with E-state index in [0.717, 1.165) is 0 Å². The summed E-state index contributed by atoms with van der Waals surface area (Å²) in [6.07, 6.45) is 1.47. The zero-order valence-corrected chi connectivity index (χ0v) is 10.8. The largest absolute Gasteiger partial charge is 0.481 e. The van der Waals surface area contributed by atoms with E-state index in [0.29, 0.717) is 10.8 Å². The summed E-state index contributed by atoms with van der Waals surface area (Å²) < 4.78 is 0. The summed E-state index contributed by atoms with van der Waals surface area (Å²) in [6, 6.07) is 2.67. The molecule has 0 bridgehead atoms. The molecule has 1 unspecified atom stereocenters. The predicted molar refractivity (Wildman–Crippen MR) is 67.7 cm³/mol. The highest BCUT2D eigenvalue weighted by molar-refractivity contribution is 6.30. The Morgan fingerprint density at radius 2 is 2.28 bits per heavy atom. The first-order valence-corrected chi connectivity index (χ1v) is 5.64. The van der Waals surface area contributed by atoms with E-state index in [1.54, 1.807) is 6.07 Å². The van der Waals surface area contributed by atoms with Crippen molar-refractivity contribution in [1.82, 2.24) is 9.88 Å². The van der Waals surface area contributed by atoms with Crippen LogP contribution in [0, 0.1) is 5.92 Å². The fourth-order valence-electron chi connectivity index (χ4n) is 1.25. The summed E-state index contributed by atoms with van der Waals surface area (Å²) >= 11 is 5.75. The Balaban J connectivity index is 2.57. The van der Waals surface area contributed by atoms with Crippen LogP contribution in [0.5, 0.6) is 0 Å². The second-order valence-corrected chi connectivity index (χ2v) is 4.35. The van der Waals surface area contributed by atoms with Gasteiger partial charge < -0.3 is 10.0 Å². The Kier molecular flexibility index (Phi) is 4.91. The van der Waals surface area contributed by atoms with Gasteiger partial charge in [-0.2, -0.15) is 0 Å². The molecular weight excluding hydrogens is 258 g/mol. The number of rotatable bonds is 4. The molecule has 1 heterocycles. The molecule has 0 radical (unpaired) electrons. The molecule has 18 heavy (non-hydrogen) atoms. The third-order valence-electron chi connectivity index (χ3n) is 2.27. The molecule has 6 nitrogen and oxygen atoms in total. The number of nitrogens with zero attached hydrogens (tertiary/aromatic N) is 2.